The summed E-state index contributed by atoms with van der Waals surface area (Å²) < 4.78 is 6.67. The Bertz CT molecular complexity index is 1970. The van der Waals surface area contributed by atoms with Crippen molar-refractivity contribution < 1.29 is 24.5 Å². The van der Waals surface area contributed by atoms with Gasteiger partial charge in [0.2, 0.25) is 5.79 Å². The summed E-state index contributed by atoms with van der Waals surface area (Å²) in [4.78, 5) is 37.1. The predicted octanol–water partition coefficient (Wildman–Crippen LogP) is 6.06. The van der Waals surface area contributed by atoms with E-state index in [0.717, 1.165) is 26.9 Å². The molecule has 0 saturated carbocycles. The summed E-state index contributed by atoms with van der Waals surface area (Å²) in [6.45, 7) is 0.963. The molecule has 0 saturated heterocycles. The Balaban J connectivity index is 1.17. The van der Waals surface area contributed by atoms with Gasteiger partial charge in [0.25, 0.3) is 5.91 Å². The second-order valence-electron chi connectivity index (χ2n) is 10.9. The van der Waals surface area contributed by atoms with Crippen LogP contribution in [0.4, 0.5) is 10.9 Å². The number of nitrogens with zero attached hydrogens (tertiary/aromatic N) is 3. The number of ether oxygens (including phenoxy) is 1. The van der Waals surface area contributed by atoms with Gasteiger partial charge in [-0.1, -0.05) is 65.9 Å². The summed E-state index contributed by atoms with van der Waals surface area (Å²) in [5.74, 6) is -2.79. The molecule has 1 unspecified atom stereocenters. The van der Waals surface area contributed by atoms with Crippen LogP contribution in [0.3, 0.4) is 0 Å². The van der Waals surface area contributed by atoms with Crippen molar-refractivity contribution in [3.05, 3.63) is 137 Å². The lowest BCUT2D eigenvalue weighted by Crippen LogP contribution is -2.37. The lowest BCUT2D eigenvalue weighted by atomic mass is 9.89. The first-order chi connectivity index (χ1) is 21.9. The molecule has 2 aliphatic heterocycles. The standard InChI is InChI=1S/C35H28N4O5S/c40-32(38-34-36-28-13-4-5-14-29(28)45-34)24-11-6-10-23-17-18-39(21-26(23)24)30-16-15-25(31(37-30)33(41)42)27-12-7-19-44-35(27,43)20-22-8-2-1-3-9-22/h1-16,19,43H,17-18,20-21H2,(H,41,42)(H,36,38,40). The third-order valence-electron chi connectivity index (χ3n) is 8.04. The number of carbonyl (C=O) groups is 2. The highest BCUT2D eigenvalue weighted by molar-refractivity contribution is 7.22. The number of aromatic carboxylic acids is 1. The third-order valence-corrected chi connectivity index (χ3v) is 8.99. The van der Waals surface area contributed by atoms with Crippen molar-refractivity contribution in [3.8, 4) is 0 Å². The number of benzene rings is 3. The average Bonchev–Trinajstić information content (AvgIpc) is 3.47. The Labute approximate surface area is 262 Å². The number of anilines is 2. The number of hydrogen-bond acceptors (Lipinski definition) is 8. The molecule has 1 atom stereocenters. The van der Waals surface area contributed by atoms with Crippen LogP contribution in [0.15, 0.2) is 103 Å². The van der Waals surface area contributed by atoms with Crippen LogP contribution in [-0.2, 0) is 24.1 Å². The van der Waals surface area contributed by atoms with E-state index < -0.39 is 11.8 Å². The number of allylic oxidation sites excluding steroid dienone is 2. The fraction of sp³-hybridized carbons (Fsp3) is 0.143. The minimum absolute atomic E-state index is 0.121. The Morgan fingerprint density at radius 3 is 2.62 bits per heavy atom. The zero-order valence-electron chi connectivity index (χ0n) is 24.0. The number of aromatic nitrogens is 2. The van der Waals surface area contributed by atoms with Crippen molar-refractivity contribution in [2.75, 3.05) is 16.8 Å². The summed E-state index contributed by atoms with van der Waals surface area (Å²) in [5.41, 5.74) is 4.48. The molecule has 4 heterocycles. The minimum atomic E-state index is -1.78. The Morgan fingerprint density at radius 2 is 1.80 bits per heavy atom. The molecule has 3 aromatic carbocycles. The molecule has 0 bridgehead atoms. The number of aliphatic hydroxyl groups is 1. The molecule has 3 N–H and O–H groups in total. The highest BCUT2D eigenvalue weighted by Gasteiger charge is 2.38. The lowest BCUT2D eigenvalue weighted by Gasteiger charge is -2.34. The van der Waals surface area contributed by atoms with E-state index >= 15 is 0 Å². The van der Waals surface area contributed by atoms with Gasteiger partial charge in [-0.25, -0.2) is 14.8 Å². The number of rotatable bonds is 7. The zero-order valence-corrected chi connectivity index (χ0v) is 24.8. The van der Waals surface area contributed by atoms with Crippen molar-refractivity contribution in [2.24, 2.45) is 0 Å². The zero-order chi connectivity index (χ0) is 31.0. The van der Waals surface area contributed by atoms with Crippen LogP contribution in [0.1, 0.15) is 43.1 Å². The number of pyridine rings is 1. The van der Waals surface area contributed by atoms with Gasteiger partial charge in [-0.05, 0) is 65.6 Å². The number of carboxylic acids is 1. The summed E-state index contributed by atoms with van der Waals surface area (Å²) in [5, 5.41) is 25.3. The number of para-hydroxylation sites is 1. The number of amides is 1. The Kier molecular flexibility index (Phi) is 7.36. The van der Waals surface area contributed by atoms with E-state index in [1.807, 2.05) is 71.6 Å². The van der Waals surface area contributed by atoms with E-state index in [0.29, 0.717) is 41.6 Å². The quantitative estimate of drug-likeness (QED) is 0.202. The maximum absolute atomic E-state index is 13.5. The molecule has 10 heteroatoms. The fourth-order valence-corrected chi connectivity index (χ4v) is 6.74. The molecule has 2 aliphatic rings. The van der Waals surface area contributed by atoms with Gasteiger partial charge in [0.1, 0.15) is 5.82 Å². The van der Waals surface area contributed by atoms with Gasteiger partial charge in [0, 0.05) is 36.2 Å². The fourth-order valence-electron chi connectivity index (χ4n) is 5.88. The maximum atomic E-state index is 13.5. The molecule has 45 heavy (non-hydrogen) atoms. The van der Waals surface area contributed by atoms with Gasteiger partial charge in [-0.2, -0.15) is 0 Å². The lowest BCUT2D eigenvalue weighted by molar-refractivity contribution is -0.117. The van der Waals surface area contributed by atoms with Crippen LogP contribution in [0.2, 0.25) is 0 Å². The van der Waals surface area contributed by atoms with Crippen molar-refractivity contribution in [1.29, 1.82) is 0 Å². The second-order valence-corrected chi connectivity index (χ2v) is 11.9. The number of carbonyl (C=O) groups excluding carboxylic acids is 1. The highest BCUT2D eigenvalue weighted by atomic mass is 32.1. The average molecular weight is 617 g/mol. The molecule has 1 amide bonds. The monoisotopic (exact) mass is 616 g/mol. The highest BCUT2D eigenvalue weighted by Crippen LogP contribution is 2.37. The van der Waals surface area contributed by atoms with Crippen LogP contribution in [-0.4, -0.2) is 44.4 Å². The number of carboxylic acid groups (broad SMARTS) is 1. The van der Waals surface area contributed by atoms with E-state index in [1.165, 1.54) is 17.6 Å². The summed E-state index contributed by atoms with van der Waals surface area (Å²) >= 11 is 1.42. The number of thiazole rings is 1. The normalized spacial score (nSPS) is 17.4. The van der Waals surface area contributed by atoms with E-state index in [4.69, 9.17) is 4.74 Å². The van der Waals surface area contributed by atoms with Gasteiger partial charge in [-0.3, -0.25) is 10.1 Å². The molecule has 7 rings (SSSR count). The third kappa shape index (κ3) is 5.57. The largest absolute Gasteiger partial charge is 0.476 e. The van der Waals surface area contributed by atoms with Crippen LogP contribution in [0, 0.1) is 0 Å². The maximum Gasteiger partial charge on any atom is 0.355 e. The van der Waals surface area contributed by atoms with Crippen molar-refractivity contribution in [1.82, 2.24) is 9.97 Å². The first kappa shape index (κ1) is 28.5. The molecular formula is C35H28N4O5S. The van der Waals surface area contributed by atoms with Crippen LogP contribution < -0.4 is 10.2 Å². The first-order valence-corrected chi connectivity index (χ1v) is 15.3. The topological polar surface area (TPSA) is 125 Å². The van der Waals surface area contributed by atoms with Crippen LogP contribution in [0.25, 0.3) is 15.8 Å². The number of fused-ring (bicyclic) bond motifs is 2. The van der Waals surface area contributed by atoms with E-state index in [9.17, 15) is 19.8 Å². The van der Waals surface area contributed by atoms with E-state index in [2.05, 4.69) is 15.3 Å². The van der Waals surface area contributed by atoms with Gasteiger partial charge in [0.05, 0.1) is 16.5 Å². The molecule has 0 radical (unpaired) electrons. The van der Waals surface area contributed by atoms with E-state index in [1.54, 1.807) is 30.4 Å². The smallest absolute Gasteiger partial charge is 0.355 e. The SMILES string of the molecule is O=C(Nc1nc2ccccc2s1)c1cccc2c1CN(c1ccc(C3=CC=COC3(O)Cc3ccccc3)c(C(=O)O)n1)CC2. The van der Waals surface area contributed by atoms with Gasteiger partial charge >= 0.3 is 5.97 Å². The number of nitrogens with one attached hydrogen (secondary N) is 1. The molecular weight excluding hydrogens is 588 g/mol. The first-order valence-electron chi connectivity index (χ1n) is 14.5. The van der Waals surface area contributed by atoms with Gasteiger partial charge < -0.3 is 19.8 Å². The van der Waals surface area contributed by atoms with Crippen LogP contribution >= 0.6 is 11.3 Å². The van der Waals surface area contributed by atoms with Crippen molar-refractivity contribution >= 4 is 50.0 Å². The molecule has 0 aliphatic carbocycles. The second kappa shape index (κ2) is 11.6. The Hall–Kier alpha value is -5.32. The molecule has 5 aromatic rings. The molecule has 0 fully saturated rings. The van der Waals surface area contributed by atoms with Crippen molar-refractivity contribution in [3.63, 3.8) is 0 Å². The van der Waals surface area contributed by atoms with Crippen molar-refractivity contribution in [2.45, 2.75) is 25.2 Å². The molecule has 0 spiro atoms. The Morgan fingerprint density at radius 1 is 0.978 bits per heavy atom. The van der Waals surface area contributed by atoms with Gasteiger partial charge in [-0.15, -0.1) is 0 Å². The molecule has 9 nitrogen and oxygen atoms in total. The van der Waals surface area contributed by atoms with Crippen LogP contribution in [0.5, 0.6) is 0 Å². The predicted molar refractivity (Wildman–Crippen MR) is 173 cm³/mol. The summed E-state index contributed by atoms with van der Waals surface area (Å²) in [6.07, 6.45) is 5.45. The van der Waals surface area contributed by atoms with E-state index in [-0.39, 0.29) is 23.6 Å². The number of hydrogen-bond donors (Lipinski definition) is 3. The molecule has 2 aromatic heterocycles. The minimum Gasteiger partial charge on any atom is -0.476 e. The van der Waals surface area contributed by atoms with Gasteiger partial charge in [0.15, 0.2) is 10.8 Å². The summed E-state index contributed by atoms with van der Waals surface area (Å²) in [6, 6.07) is 26.2. The summed E-state index contributed by atoms with van der Waals surface area (Å²) in [7, 11) is 0. The molecule has 224 valence electrons.